The number of rotatable bonds is 2. The van der Waals surface area contributed by atoms with Gasteiger partial charge in [0.15, 0.2) is 0 Å². The molecule has 3 fully saturated rings. The van der Waals surface area contributed by atoms with Gasteiger partial charge in [0.2, 0.25) is 0 Å². The Kier molecular flexibility index (Phi) is 5.70. The topological polar surface area (TPSA) is 16.5 Å². The van der Waals surface area contributed by atoms with Gasteiger partial charge in [-0.05, 0) is 31.8 Å². The highest BCUT2D eigenvalue weighted by molar-refractivity contribution is 4.93. The van der Waals surface area contributed by atoms with Crippen LogP contribution in [0.25, 0.3) is 0 Å². The first-order chi connectivity index (χ1) is 9.17. The second-order valence-corrected chi connectivity index (χ2v) is 7.31. The molecule has 3 atom stereocenters. The molecule has 3 aliphatic rings. The lowest BCUT2D eigenvalue weighted by molar-refractivity contribution is -0.988. The van der Waals surface area contributed by atoms with Crippen LogP contribution >= 0.6 is 0 Å². The fourth-order valence-electron chi connectivity index (χ4n) is 4.31. The summed E-state index contributed by atoms with van der Waals surface area (Å²) in [5, 5.41) is 3.35. The lowest BCUT2D eigenvalue weighted by Crippen LogP contribution is -3.25. The fraction of sp³-hybridized carbons (Fsp3) is 1.00. The highest BCUT2D eigenvalue weighted by Gasteiger charge is 2.56. The maximum absolute atomic E-state index is 3.35. The van der Waals surface area contributed by atoms with Crippen molar-refractivity contribution in [2.45, 2.75) is 71.3 Å². The third-order valence-electron chi connectivity index (χ3n) is 6.01. The molecule has 0 saturated carbocycles. The minimum atomic E-state index is 0.730. The molecule has 3 unspecified atom stereocenters. The maximum atomic E-state index is 3.35. The molecule has 2 N–H and O–H groups in total. The molecular formula is C17H35N2+. The Labute approximate surface area is 120 Å². The first-order valence-corrected chi connectivity index (χ1v) is 8.73. The molecule has 112 valence electrons. The normalized spacial score (nSPS) is 35.7. The highest BCUT2D eigenvalue weighted by atomic mass is 15.3. The van der Waals surface area contributed by atoms with E-state index in [4.69, 9.17) is 0 Å². The predicted molar refractivity (Wildman–Crippen MR) is 82.6 cm³/mol. The molecule has 0 aromatic rings. The van der Waals surface area contributed by atoms with Crippen LogP contribution in [0.5, 0.6) is 0 Å². The van der Waals surface area contributed by atoms with Crippen LogP contribution in [-0.2, 0) is 0 Å². The molecule has 0 amide bonds. The van der Waals surface area contributed by atoms with Gasteiger partial charge in [0.25, 0.3) is 0 Å². The van der Waals surface area contributed by atoms with Crippen LogP contribution in [0.4, 0.5) is 0 Å². The molecule has 0 spiro atoms. The second-order valence-electron chi connectivity index (χ2n) is 7.31. The van der Waals surface area contributed by atoms with E-state index in [9.17, 15) is 0 Å². The maximum Gasteiger partial charge on any atom is 0.106 e. The van der Waals surface area contributed by atoms with Crippen molar-refractivity contribution in [3.8, 4) is 0 Å². The standard InChI is InChI=1S/C11H21N.C6H13N/c1-9(2)10(3)11-5-4-7-12(11)8-6-11;1-2-4-6-7-5-3-1/h9-10H,4-8H2,1-3H3;7H,1-6H2/p+1. The van der Waals surface area contributed by atoms with Crippen molar-refractivity contribution in [3.63, 3.8) is 0 Å². The molecule has 0 aromatic carbocycles. The first-order valence-electron chi connectivity index (χ1n) is 8.73. The van der Waals surface area contributed by atoms with Gasteiger partial charge in [0.1, 0.15) is 5.54 Å². The van der Waals surface area contributed by atoms with Crippen LogP contribution in [0.3, 0.4) is 0 Å². The smallest absolute Gasteiger partial charge is 0.106 e. The average Bonchev–Trinajstić information content (AvgIpc) is 2.63. The van der Waals surface area contributed by atoms with Crippen LogP contribution in [0.1, 0.15) is 65.7 Å². The Morgan fingerprint density at radius 2 is 1.53 bits per heavy atom. The summed E-state index contributed by atoms with van der Waals surface area (Å²) in [5.74, 6) is 1.81. The Bertz CT molecular complexity index is 244. The summed E-state index contributed by atoms with van der Waals surface area (Å²) in [6, 6.07) is 0. The van der Waals surface area contributed by atoms with E-state index in [0.29, 0.717) is 0 Å². The van der Waals surface area contributed by atoms with Crippen LogP contribution in [-0.4, -0.2) is 31.7 Å². The molecule has 0 aliphatic carbocycles. The Balaban J connectivity index is 0.000000163. The molecule has 3 saturated heterocycles. The zero-order chi connectivity index (χ0) is 13.7. The zero-order valence-electron chi connectivity index (χ0n) is 13.4. The van der Waals surface area contributed by atoms with E-state index in [1.165, 1.54) is 71.1 Å². The number of hydrogen-bond donors (Lipinski definition) is 2. The SMILES string of the molecule is C1CCCNCC1.CC(C)C(C)C12CCC[NH+]1CC2. The molecule has 3 rings (SSSR count). The average molecular weight is 267 g/mol. The van der Waals surface area contributed by atoms with Crippen LogP contribution in [0, 0.1) is 11.8 Å². The summed E-state index contributed by atoms with van der Waals surface area (Å²) in [6.07, 6.45) is 10.1. The number of hydrogen-bond acceptors (Lipinski definition) is 1. The Morgan fingerprint density at radius 3 is 2.00 bits per heavy atom. The van der Waals surface area contributed by atoms with E-state index in [1.54, 1.807) is 0 Å². The van der Waals surface area contributed by atoms with E-state index in [0.717, 1.165) is 17.4 Å². The predicted octanol–water partition coefficient (Wildman–Crippen LogP) is 2.25. The number of nitrogens with one attached hydrogen (secondary N) is 2. The first kappa shape index (κ1) is 15.3. The zero-order valence-corrected chi connectivity index (χ0v) is 13.4. The van der Waals surface area contributed by atoms with E-state index >= 15 is 0 Å². The third kappa shape index (κ3) is 3.52. The van der Waals surface area contributed by atoms with Gasteiger partial charge in [-0.1, -0.05) is 33.6 Å². The van der Waals surface area contributed by atoms with Crippen LogP contribution in [0.15, 0.2) is 0 Å². The van der Waals surface area contributed by atoms with E-state index in [2.05, 4.69) is 26.1 Å². The Hall–Kier alpha value is -0.0800. The fourth-order valence-corrected chi connectivity index (χ4v) is 4.31. The molecule has 2 heteroatoms. The summed E-state index contributed by atoms with van der Waals surface area (Å²) in [5.41, 5.74) is 0.730. The lowest BCUT2D eigenvalue weighted by Gasteiger charge is -2.49. The van der Waals surface area contributed by atoms with E-state index in [-0.39, 0.29) is 0 Å². The lowest BCUT2D eigenvalue weighted by atomic mass is 9.70. The molecular weight excluding hydrogens is 232 g/mol. The second kappa shape index (κ2) is 7.08. The molecule has 0 radical (unpaired) electrons. The number of fused-ring (bicyclic) bond motifs is 1. The summed E-state index contributed by atoms with van der Waals surface area (Å²) in [7, 11) is 0. The summed E-state index contributed by atoms with van der Waals surface area (Å²) in [6.45, 7) is 12.6. The summed E-state index contributed by atoms with van der Waals surface area (Å²) >= 11 is 0. The van der Waals surface area contributed by atoms with Gasteiger partial charge < -0.3 is 10.2 Å². The largest absolute Gasteiger partial charge is 0.329 e. The van der Waals surface area contributed by atoms with Crippen molar-refractivity contribution >= 4 is 0 Å². The molecule has 2 nitrogen and oxygen atoms in total. The van der Waals surface area contributed by atoms with Crippen molar-refractivity contribution in [2.24, 2.45) is 11.8 Å². The number of quaternary nitrogens is 1. The van der Waals surface area contributed by atoms with Gasteiger partial charge in [-0.2, -0.15) is 0 Å². The van der Waals surface area contributed by atoms with Crippen molar-refractivity contribution in [1.82, 2.24) is 5.32 Å². The highest BCUT2D eigenvalue weighted by Crippen LogP contribution is 2.35. The monoisotopic (exact) mass is 267 g/mol. The molecule has 3 aliphatic heterocycles. The van der Waals surface area contributed by atoms with Gasteiger partial charge in [0, 0.05) is 18.8 Å². The Morgan fingerprint density at radius 1 is 0.842 bits per heavy atom. The molecule has 19 heavy (non-hydrogen) atoms. The van der Waals surface area contributed by atoms with E-state index in [1.807, 2.05) is 4.90 Å². The summed E-state index contributed by atoms with van der Waals surface area (Å²) < 4.78 is 0. The van der Waals surface area contributed by atoms with Crippen LogP contribution < -0.4 is 10.2 Å². The van der Waals surface area contributed by atoms with Crippen molar-refractivity contribution in [1.29, 1.82) is 0 Å². The van der Waals surface area contributed by atoms with E-state index < -0.39 is 0 Å². The molecule has 0 bridgehead atoms. The quantitative estimate of drug-likeness (QED) is 0.784. The van der Waals surface area contributed by atoms with Crippen LogP contribution in [0.2, 0.25) is 0 Å². The van der Waals surface area contributed by atoms with Gasteiger partial charge in [-0.3, -0.25) is 0 Å². The third-order valence-corrected chi connectivity index (χ3v) is 6.01. The minimum Gasteiger partial charge on any atom is -0.329 e. The van der Waals surface area contributed by atoms with Gasteiger partial charge in [0.05, 0.1) is 19.5 Å². The molecule has 0 aromatic heterocycles. The van der Waals surface area contributed by atoms with Crippen molar-refractivity contribution in [2.75, 3.05) is 26.2 Å². The van der Waals surface area contributed by atoms with Gasteiger partial charge >= 0.3 is 0 Å². The van der Waals surface area contributed by atoms with Gasteiger partial charge in [-0.25, -0.2) is 0 Å². The summed E-state index contributed by atoms with van der Waals surface area (Å²) in [4.78, 5) is 1.92. The van der Waals surface area contributed by atoms with Crippen molar-refractivity contribution < 1.29 is 4.90 Å². The van der Waals surface area contributed by atoms with Gasteiger partial charge in [-0.15, -0.1) is 0 Å². The minimum absolute atomic E-state index is 0.730. The molecule has 3 heterocycles. The van der Waals surface area contributed by atoms with Crippen molar-refractivity contribution in [3.05, 3.63) is 0 Å².